The molecule has 0 aromatic rings. The molecule has 0 rings (SSSR count). The van der Waals surface area contributed by atoms with Crippen LogP contribution in [-0.4, -0.2) is 30.3 Å². The van der Waals surface area contributed by atoms with Crippen molar-refractivity contribution in [1.29, 1.82) is 0 Å². The number of alkyl carbamates (subject to hydrolysis) is 1. The van der Waals surface area contributed by atoms with E-state index in [4.69, 9.17) is 4.74 Å². The van der Waals surface area contributed by atoms with Crippen LogP contribution < -0.4 is 10.6 Å². The van der Waals surface area contributed by atoms with Crippen molar-refractivity contribution in [1.82, 2.24) is 10.6 Å². The molecule has 0 spiro atoms. The Bertz CT molecular complexity index is 243. The summed E-state index contributed by atoms with van der Waals surface area (Å²) in [5.41, 5.74) is -0.211. The van der Waals surface area contributed by atoms with Crippen LogP contribution in [0, 0.1) is 0 Å². The van der Waals surface area contributed by atoms with Gasteiger partial charge in [-0.15, -0.1) is 0 Å². The molecule has 0 aliphatic rings. The molecule has 4 heteroatoms. The molecule has 0 fully saturated rings. The Morgan fingerprint density at radius 1 is 1.06 bits per heavy atom. The molecule has 0 saturated heterocycles. The minimum absolute atomic E-state index is 0.214. The Kier molecular flexibility index (Phi) is 7.29. The summed E-state index contributed by atoms with van der Waals surface area (Å²) in [5.74, 6) is 0. The summed E-state index contributed by atoms with van der Waals surface area (Å²) >= 11 is 0. The Labute approximate surface area is 112 Å². The smallest absolute Gasteiger partial charge is 0.407 e. The highest BCUT2D eigenvalue weighted by Gasteiger charge is 2.18. The van der Waals surface area contributed by atoms with Crippen LogP contribution in [0.4, 0.5) is 4.79 Å². The number of carbonyl (C=O) groups is 1. The number of amides is 1. The molecular weight excluding hydrogens is 228 g/mol. The van der Waals surface area contributed by atoms with Gasteiger partial charge in [-0.25, -0.2) is 4.79 Å². The number of nitrogens with one attached hydrogen (secondary N) is 2. The van der Waals surface area contributed by atoms with E-state index >= 15 is 0 Å². The van der Waals surface area contributed by atoms with E-state index in [1.54, 1.807) is 0 Å². The maximum atomic E-state index is 11.4. The van der Waals surface area contributed by atoms with Crippen LogP contribution in [0.5, 0.6) is 0 Å². The Morgan fingerprint density at radius 3 is 2.06 bits per heavy atom. The first kappa shape index (κ1) is 17.2. The van der Waals surface area contributed by atoms with Gasteiger partial charge in [0.15, 0.2) is 0 Å². The first-order valence-electron chi connectivity index (χ1n) is 6.94. The summed E-state index contributed by atoms with van der Waals surface area (Å²) < 4.78 is 5.16. The lowest BCUT2D eigenvalue weighted by Gasteiger charge is -2.28. The van der Waals surface area contributed by atoms with Crippen molar-refractivity contribution in [3.63, 3.8) is 0 Å². The molecule has 0 radical (unpaired) electrons. The first-order chi connectivity index (χ1) is 8.22. The average Bonchev–Trinajstić information content (AvgIpc) is 2.26. The van der Waals surface area contributed by atoms with Gasteiger partial charge in [-0.3, -0.25) is 0 Å². The van der Waals surface area contributed by atoms with Crippen LogP contribution >= 0.6 is 0 Å². The normalized spacial score (nSPS) is 12.3. The van der Waals surface area contributed by atoms with Gasteiger partial charge in [-0.1, -0.05) is 13.8 Å². The monoisotopic (exact) mass is 258 g/mol. The summed E-state index contributed by atoms with van der Waals surface area (Å²) in [6.45, 7) is 13.8. The molecule has 4 nitrogen and oxygen atoms in total. The van der Waals surface area contributed by atoms with Crippen LogP contribution in [0.1, 0.15) is 60.8 Å². The predicted octanol–water partition coefficient (Wildman–Crippen LogP) is 3.07. The standard InChI is InChI=1S/C14H30N2O2/c1-7-14(6,8-2)16-11-9-10-15-12(17)18-13(3,4)5/h16H,7-11H2,1-6H3,(H,15,17). The maximum Gasteiger partial charge on any atom is 0.407 e. The Balaban J connectivity index is 3.66. The van der Waals surface area contributed by atoms with Gasteiger partial charge < -0.3 is 15.4 Å². The topological polar surface area (TPSA) is 50.4 Å². The van der Waals surface area contributed by atoms with Gasteiger partial charge in [0.25, 0.3) is 0 Å². The van der Waals surface area contributed by atoms with E-state index in [-0.39, 0.29) is 11.6 Å². The van der Waals surface area contributed by atoms with Gasteiger partial charge in [0.05, 0.1) is 0 Å². The van der Waals surface area contributed by atoms with E-state index in [1.165, 1.54) is 0 Å². The highest BCUT2D eigenvalue weighted by Crippen LogP contribution is 2.12. The number of rotatable bonds is 7. The molecule has 0 atom stereocenters. The Morgan fingerprint density at radius 2 is 1.61 bits per heavy atom. The van der Waals surface area contributed by atoms with E-state index in [9.17, 15) is 4.79 Å². The van der Waals surface area contributed by atoms with Crippen LogP contribution in [0.3, 0.4) is 0 Å². The average molecular weight is 258 g/mol. The second-order valence-corrected chi connectivity index (χ2v) is 5.98. The molecule has 0 aromatic heterocycles. The zero-order valence-electron chi connectivity index (χ0n) is 12.9. The molecule has 108 valence electrons. The van der Waals surface area contributed by atoms with Gasteiger partial charge in [0.1, 0.15) is 5.60 Å². The largest absolute Gasteiger partial charge is 0.444 e. The fourth-order valence-electron chi connectivity index (χ4n) is 1.48. The quantitative estimate of drug-likeness (QED) is 0.690. The van der Waals surface area contributed by atoms with Gasteiger partial charge in [0.2, 0.25) is 0 Å². The van der Waals surface area contributed by atoms with E-state index in [0.717, 1.165) is 25.8 Å². The number of ether oxygens (including phenoxy) is 1. The van der Waals surface area contributed by atoms with Crippen LogP contribution in [-0.2, 0) is 4.74 Å². The number of hydrogen-bond acceptors (Lipinski definition) is 3. The molecule has 0 bridgehead atoms. The molecule has 0 saturated carbocycles. The zero-order chi connectivity index (χ0) is 14.2. The van der Waals surface area contributed by atoms with E-state index in [2.05, 4.69) is 31.4 Å². The molecule has 0 heterocycles. The molecule has 18 heavy (non-hydrogen) atoms. The van der Waals surface area contributed by atoms with Crippen molar-refractivity contribution >= 4 is 6.09 Å². The predicted molar refractivity (Wildman–Crippen MR) is 75.8 cm³/mol. The second-order valence-electron chi connectivity index (χ2n) is 5.98. The van der Waals surface area contributed by atoms with Crippen molar-refractivity contribution in [3.8, 4) is 0 Å². The minimum atomic E-state index is -0.425. The third-order valence-corrected chi connectivity index (χ3v) is 3.13. The Hall–Kier alpha value is -0.770. The first-order valence-corrected chi connectivity index (χ1v) is 6.94. The van der Waals surface area contributed by atoms with Gasteiger partial charge in [-0.2, -0.15) is 0 Å². The highest BCUT2D eigenvalue weighted by atomic mass is 16.6. The van der Waals surface area contributed by atoms with Crippen LogP contribution in [0.25, 0.3) is 0 Å². The summed E-state index contributed by atoms with van der Waals surface area (Å²) in [5, 5.41) is 6.29. The highest BCUT2D eigenvalue weighted by molar-refractivity contribution is 5.67. The molecule has 0 aliphatic heterocycles. The summed E-state index contributed by atoms with van der Waals surface area (Å²) in [6.07, 6.45) is 2.80. The fourth-order valence-corrected chi connectivity index (χ4v) is 1.48. The minimum Gasteiger partial charge on any atom is -0.444 e. The summed E-state index contributed by atoms with van der Waals surface area (Å²) in [6, 6.07) is 0. The van der Waals surface area contributed by atoms with Gasteiger partial charge in [-0.05, 0) is 53.5 Å². The van der Waals surface area contributed by atoms with Crippen LogP contribution in [0.2, 0.25) is 0 Å². The van der Waals surface area contributed by atoms with Gasteiger partial charge in [0, 0.05) is 12.1 Å². The van der Waals surface area contributed by atoms with Crippen molar-refractivity contribution in [2.24, 2.45) is 0 Å². The van der Waals surface area contributed by atoms with E-state index in [0.29, 0.717) is 6.54 Å². The lowest BCUT2D eigenvalue weighted by atomic mass is 9.95. The van der Waals surface area contributed by atoms with Crippen molar-refractivity contribution in [2.75, 3.05) is 13.1 Å². The molecular formula is C14H30N2O2. The lowest BCUT2D eigenvalue weighted by Crippen LogP contribution is -2.42. The maximum absolute atomic E-state index is 11.4. The van der Waals surface area contributed by atoms with Gasteiger partial charge >= 0.3 is 6.09 Å². The second kappa shape index (κ2) is 7.62. The SMILES string of the molecule is CCC(C)(CC)NCCCNC(=O)OC(C)(C)C. The summed E-state index contributed by atoms with van der Waals surface area (Å²) in [4.78, 5) is 11.4. The van der Waals surface area contributed by atoms with Crippen molar-refractivity contribution < 1.29 is 9.53 Å². The third kappa shape index (κ3) is 8.34. The zero-order valence-corrected chi connectivity index (χ0v) is 12.9. The molecule has 2 N–H and O–H groups in total. The summed E-state index contributed by atoms with van der Waals surface area (Å²) in [7, 11) is 0. The third-order valence-electron chi connectivity index (χ3n) is 3.13. The van der Waals surface area contributed by atoms with E-state index in [1.807, 2.05) is 20.8 Å². The number of hydrogen-bond donors (Lipinski definition) is 2. The molecule has 0 aromatic carbocycles. The van der Waals surface area contributed by atoms with Crippen LogP contribution in [0.15, 0.2) is 0 Å². The molecule has 1 amide bonds. The van der Waals surface area contributed by atoms with E-state index < -0.39 is 5.60 Å². The van der Waals surface area contributed by atoms with Crippen molar-refractivity contribution in [3.05, 3.63) is 0 Å². The van der Waals surface area contributed by atoms with Crippen molar-refractivity contribution in [2.45, 2.75) is 71.9 Å². The fraction of sp³-hybridized carbons (Fsp3) is 0.929. The number of carbonyl (C=O) groups excluding carboxylic acids is 1. The molecule has 0 unspecified atom stereocenters. The molecule has 0 aliphatic carbocycles. The lowest BCUT2D eigenvalue weighted by molar-refractivity contribution is 0.0527.